The van der Waals surface area contributed by atoms with Gasteiger partial charge in [0, 0.05) is 5.69 Å². The van der Waals surface area contributed by atoms with E-state index in [-0.39, 0.29) is 5.97 Å². The van der Waals surface area contributed by atoms with Crippen LogP contribution in [0.15, 0.2) is 18.2 Å². The number of carbonyl (C=O) groups excluding carboxylic acids is 1. The number of nitrogen functional groups attached to an aromatic ring is 1. The molecule has 1 aromatic carbocycles. The molecule has 0 aliphatic heterocycles. The fraction of sp³-hybridized carbons (Fsp3) is 0.125. The lowest BCUT2D eigenvalue weighted by atomic mass is 10.2. The zero-order valence-electron chi connectivity index (χ0n) is 6.50. The minimum Gasteiger partial charge on any atom is -0.465 e. The summed E-state index contributed by atoms with van der Waals surface area (Å²) >= 11 is 2.02. The molecule has 0 saturated heterocycles. The van der Waals surface area contributed by atoms with Gasteiger partial charge in [0.25, 0.3) is 0 Å². The molecule has 0 aliphatic carbocycles. The Labute approximate surface area is 84.0 Å². The van der Waals surface area contributed by atoms with Crippen LogP contribution in [-0.2, 0) is 4.74 Å². The third kappa shape index (κ3) is 1.69. The summed E-state index contributed by atoms with van der Waals surface area (Å²) < 4.78 is 5.31. The largest absolute Gasteiger partial charge is 0.465 e. The molecule has 4 heteroatoms. The van der Waals surface area contributed by atoms with Crippen molar-refractivity contribution < 1.29 is 9.53 Å². The van der Waals surface area contributed by atoms with Crippen LogP contribution in [0.1, 0.15) is 10.4 Å². The average molecular weight is 277 g/mol. The molecule has 0 saturated carbocycles. The maximum atomic E-state index is 11.1. The van der Waals surface area contributed by atoms with Gasteiger partial charge in [-0.05, 0) is 34.7 Å². The van der Waals surface area contributed by atoms with Crippen LogP contribution in [-0.4, -0.2) is 13.1 Å². The summed E-state index contributed by atoms with van der Waals surface area (Å²) in [6, 6.07) is 5.15. The lowest BCUT2D eigenvalue weighted by molar-refractivity contribution is 0.0599. The summed E-state index contributed by atoms with van der Waals surface area (Å²) in [7, 11) is 1.35. The molecule has 0 heterocycles. The van der Waals surface area contributed by atoms with Crippen molar-refractivity contribution in [3.63, 3.8) is 0 Å². The van der Waals surface area contributed by atoms with Crippen molar-refractivity contribution >= 4 is 34.2 Å². The van der Waals surface area contributed by atoms with E-state index in [1.807, 2.05) is 22.6 Å². The minimum atomic E-state index is -0.355. The highest BCUT2D eigenvalue weighted by molar-refractivity contribution is 14.1. The highest BCUT2D eigenvalue weighted by Crippen LogP contribution is 2.19. The molecule has 0 radical (unpaired) electrons. The summed E-state index contributed by atoms with van der Waals surface area (Å²) in [5.41, 5.74) is 6.71. The highest BCUT2D eigenvalue weighted by atomic mass is 127. The monoisotopic (exact) mass is 277 g/mol. The first-order chi connectivity index (χ1) is 5.66. The smallest absolute Gasteiger partial charge is 0.339 e. The Bertz CT molecular complexity index is 312. The predicted octanol–water partition coefficient (Wildman–Crippen LogP) is 1.66. The number of halogens is 1. The number of anilines is 1. The van der Waals surface area contributed by atoms with E-state index < -0.39 is 0 Å². The van der Waals surface area contributed by atoms with Gasteiger partial charge in [-0.15, -0.1) is 0 Å². The van der Waals surface area contributed by atoms with Crippen molar-refractivity contribution in [2.75, 3.05) is 12.8 Å². The van der Waals surface area contributed by atoms with Gasteiger partial charge in [-0.1, -0.05) is 6.07 Å². The number of hydrogen-bond donors (Lipinski definition) is 1. The molecule has 0 aromatic heterocycles. The number of methoxy groups -OCH3 is 1. The summed E-state index contributed by atoms with van der Waals surface area (Å²) in [4.78, 5) is 11.1. The van der Waals surface area contributed by atoms with Crippen LogP contribution in [0.4, 0.5) is 5.69 Å². The summed E-state index contributed by atoms with van der Waals surface area (Å²) in [6.07, 6.45) is 0. The summed E-state index contributed by atoms with van der Waals surface area (Å²) in [5, 5.41) is 0. The van der Waals surface area contributed by atoms with Crippen LogP contribution in [0.25, 0.3) is 0 Å². The standard InChI is InChI=1S/C8H8INO2/c1-12-8(11)5-3-2-4-6(10)7(5)9/h2-4H,10H2,1H3. The van der Waals surface area contributed by atoms with Crippen molar-refractivity contribution in [1.29, 1.82) is 0 Å². The summed E-state index contributed by atoms with van der Waals surface area (Å²) in [5.74, 6) is -0.355. The molecule has 0 amide bonds. The van der Waals surface area contributed by atoms with Crippen molar-refractivity contribution in [2.45, 2.75) is 0 Å². The zero-order valence-corrected chi connectivity index (χ0v) is 8.66. The molecular weight excluding hydrogens is 269 g/mol. The lowest BCUT2D eigenvalue weighted by Gasteiger charge is -2.03. The summed E-state index contributed by atoms with van der Waals surface area (Å²) in [6.45, 7) is 0. The van der Waals surface area contributed by atoms with E-state index in [0.29, 0.717) is 11.3 Å². The molecule has 0 bridgehead atoms. The van der Waals surface area contributed by atoms with Gasteiger partial charge < -0.3 is 10.5 Å². The van der Waals surface area contributed by atoms with Crippen LogP contribution in [0.5, 0.6) is 0 Å². The average Bonchev–Trinajstić information content (AvgIpc) is 2.08. The Balaban J connectivity index is 3.16. The first kappa shape index (κ1) is 9.31. The van der Waals surface area contributed by atoms with E-state index in [1.165, 1.54) is 7.11 Å². The van der Waals surface area contributed by atoms with E-state index >= 15 is 0 Å². The van der Waals surface area contributed by atoms with E-state index in [9.17, 15) is 4.79 Å². The Morgan fingerprint density at radius 3 is 2.83 bits per heavy atom. The number of ether oxygens (including phenoxy) is 1. The molecule has 3 nitrogen and oxygen atoms in total. The quantitative estimate of drug-likeness (QED) is 0.482. The van der Waals surface area contributed by atoms with E-state index in [0.717, 1.165) is 3.57 Å². The Morgan fingerprint density at radius 2 is 2.25 bits per heavy atom. The maximum Gasteiger partial charge on any atom is 0.339 e. The molecule has 0 unspecified atom stereocenters. The van der Waals surface area contributed by atoms with Gasteiger partial charge in [-0.2, -0.15) is 0 Å². The SMILES string of the molecule is COC(=O)c1cccc(N)c1I. The fourth-order valence-electron chi connectivity index (χ4n) is 0.817. The second kappa shape index (κ2) is 3.75. The number of rotatable bonds is 1. The second-order valence-electron chi connectivity index (χ2n) is 2.20. The fourth-order valence-corrected chi connectivity index (χ4v) is 1.40. The Hall–Kier alpha value is -0.780. The van der Waals surface area contributed by atoms with Crippen LogP contribution < -0.4 is 5.73 Å². The van der Waals surface area contributed by atoms with Gasteiger partial charge in [-0.3, -0.25) is 0 Å². The molecule has 0 aliphatic rings. The number of hydrogen-bond acceptors (Lipinski definition) is 3. The molecule has 0 atom stereocenters. The van der Waals surface area contributed by atoms with Gasteiger partial charge in [-0.25, -0.2) is 4.79 Å². The van der Waals surface area contributed by atoms with Crippen LogP contribution in [0, 0.1) is 3.57 Å². The van der Waals surface area contributed by atoms with Gasteiger partial charge in [0.15, 0.2) is 0 Å². The molecule has 0 fully saturated rings. The lowest BCUT2D eigenvalue weighted by Crippen LogP contribution is -2.05. The van der Waals surface area contributed by atoms with Crippen molar-refractivity contribution in [3.05, 3.63) is 27.3 Å². The van der Waals surface area contributed by atoms with Crippen LogP contribution in [0.3, 0.4) is 0 Å². The van der Waals surface area contributed by atoms with Gasteiger partial charge in [0.2, 0.25) is 0 Å². The van der Waals surface area contributed by atoms with Gasteiger partial charge in [0.05, 0.1) is 16.2 Å². The number of esters is 1. The van der Waals surface area contributed by atoms with Gasteiger partial charge >= 0.3 is 5.97 Å². The first-order valence-electron chi connectivity index (χ1n) is 3.29. The number of benzene rings is 1. The maximum absolute atomic E-state index is 11.1. The third-order valence-corrected chi connectivity index (χ3v) is 2.64. The molecule has 0 spiro atoms. The van der Waals surface area contributed by atoms with Crippen molar-refractivity contribution in [3.8, 4) is 0 Å². The Kier molecular flexibility index (Phi) is 2.91. The molecular formula is C8H8INO2. The molecule has 12 heavy (non-hydrogen) atoms. The first-order valence-corrected chi connectivity index (χ1v) is 4.37. The highest BCUT2D eigenvalue weighted by Gasteiger charge is 2.10. The normalized spacial score (nSPS) is 9.50. The topological polar surface area (TPSA) is 52.3 Å². The molecule has 2 N–H and O–H groups in total. The molecule has 64 valence electrons. The van der Waals surface area contributed by atoms with Crippen LogP contribution in [0.2, 0.25) is 0 Å². The van der Waals surface area contributed by atoms with Crippen LogP contribution >= 0.6 is 22.6 Å². The third-order valence-electron chi connectivity index (χ3n) is 1.43. The predicted molar refractivity (Wildman–Crippen MR) is 54.9 cm³/mol. The number of nitrogens with two attached hydrogens (primary N) is 1. The van der Waals surface area contributed by atoms with E-state index in [4.69, 9.17) is 5.73 Å². The number of carbonyl (C=O) groups is 1. The second-order valence-corrected chi connectivity index (χ2v) is 3.28. The zero-order chi connectivity index (χ0) is 9.14. The minimum absolute atomic E-state index is 0.355. The van der Waals surface area contributed by atoms with Crippen molar-refractivity contribution in [1.82, 2.24) is 0 Å². The van der Waals surface area contributed by atoms with Gasteiger partial charge in [0.1, 0.15) is 0 Å². The van der Waals surface area contributed by atoms with E-state index in [2.05, 4.69) is 4.74 Å². The Morgan fingerprint density at radius 1 is 1.58 bits per heavy atom. The molecule has 1 rings (SSSR count). The molecule has 1 aromatic rings. The van der Waals surface area contributed by atoms with E-state index in [1.54, 1.807) is 18.2 Å². The van der Waals surface area contributed by atoms with Crippen molar-refractivity contribution in [2.24, 2.45) is 0 Å².